The van der Waals surface area contributed by atoms with Gasteiger partial charge in [0.15, 0.2) is 5.82 Å². The number of halogens is 3. The molecule has 0 spiro atoms. The monoisotopic (exact) mass is 484 g/mol. The number of aromatic nitrogens is 2. The van der Waals surface area contributed by atoms with Crippen molar-refractivity contribution in [1.82, 2.24) is 14.9 Å². The van der Waals surface area contributed by atoms with Gasteiger partial charge in [-0.15, -0.1) is 0 Å². The molecule has 1 aromatic carbocycles. The maximum Gasteiger partial charge on any atom is 0.272 e. The summed E-state index contributed by atoms with van der Waals surface area (Å²) in [6.07, 6.45) is 2.36. The topological polar surface area (TPSA) is 81.2 Å². The minimum Gasteiger partial charge on any atom is -0.391 e. The van der Waals surface area contributed by atoms with Crippen LogP contribution in [0.15, 0.2) is 30.6 Å². The first kappa shape index (κ1) is 18.1. The van der Waals surface area contributed by atoms with E-state index >= 15 is 0 Å². The first-order chi connectivity index (χ1) is 12.9. The number of aromatic amines is 1. The molecule has 1 aliphatic heterocycles. The summed E-state index contributed by atoms with van der Waals surface area (Å²) in [5.41, 5.74) is 0.630. The Bertz CT molecular complexity index is 1040. The van der Waals surface area contributed by atoms with Gasteiger partial charge < -0.3 is 20.3 Å². The van der Waals surface area contributed by atoms with Gasteiger partial charge in [0.25, 0.3) is 5.91 Å². The Labute approximate surface area is 166 Å². The summed E-state index contributed by atoms with van der Waals surface area (Å²) in [4.78, 5) is 21.1. The Kier molecular flexibility index (Phi) is 4.72. The Hall–Kier alpha value is -2.27. The third kappa shape index (κ3) is 3.36. The van der Waals surface area contributed by atoms with Crippen LogP contribution in [0.3, 0.4) is 0 Å². The Morgan fingerprint density at radius 3 is 2.85 bits per heavy atom. The molecule has 3 heterocycles. The van der Waals surface area contributed by atoms with Crippen molar-refractivity contribution < 1.29 is 18.7 Å². The maximum absolute atomic E-state index is 14.3. The van der Waals surface area contributed by atoms with Crippen LogP contribution in [0.5, 0.6) is 0 Å². The molecular formula is C18H15F2IN4O2. The molecule has 1 amide bonds. The van der Waals surface area contributed by atoms with Crippen LogP contribution in [0, 0.1) is 15.2 Å². The highest BCUT2D eigenvalue weighted by atomic mass is 127. The molecule has 1 saturated heterocycles. The average Bonchev–Trinajstić information content (AvgIpc) is 3.22. The number of rotatable bonds is 3. The zero-order chi connectivity index (χ0) is 19.1. The number of aliphatic hydroxyl groups excluding tert-OH is 1. The van der Waals surface area contributed by atoms with Crippen LogP contribution < -0.4 is 5.32 Å². The van der Waals surface area contributed by atoms with Crippen LogP contribution in [0.2, 0.25) is 0 Å². The Balaban J connectivity index is 1.82. The summed E-state index contributed by atoms with van der Waals surface area (Å²) in [5, 5.41) is 13.0. The first-order valence-corrected chi connectivity index (χ1v) is 9.36. The number of carbonyl (C=O) groups excluding carboxylic acids is 1. The van der Waals surface area contributed by atoms with Crippen LogP contribution in [0.1, 0.15) is 16.9 Å². The van der Waals surface area contributed by atoms with Gasteiger partial charge in [-0.05, 0) is 47.2 Å². The van der Waals surface area contributed by atoms with Crippen LogP contribution in [-0.2, 0) is 0 Å². The highest BCUT2D eigenvalue weighted by Gasteiger charge is 2.29. The summed E-state index contributed by atoms with van der Waals surface area (Å²) in [5.74, 6) is -1.50. The van der Waals surface area contributed by atoms with E-state index in [1.807, 2.05) is 22.6 Å². The fourth-order valence-corrected chi connectivity index (χ4v) is 3.63. The lowest BCUT2D eigenvalue weighted by atomic mass is 10.2. The van der Waals surface area contributed by atoms with Crippen LogP contribution in [-0.4, -0.2) is 45.1 Å². The zero-order valence-corrected chi connectivity index (χ0v) is 16.1. The number of aliphatic hydroxyl groups is 1. The van der Waals surface area contributed by atoms with E-state index in [0.29, 0.717) is 18.4 Å². The maximum atomic E-state index is 14.3. The van der Waals surface area contributed by atoms with Crippen molar-refractivity contribution in [3.8, 4) is 0 Å². The van der Waals surface area contributed by atoms with Gasteiger partial charge in [-0.3, -0.25) is 9.78 Å². The van der Waals surface area contributed by atoms with Crippen molar-refractivity contribution in [2.45, 2.75) is 12.5 Å². The fourth-order valence-electron chi connectivity index (χ4n) is 3.17. The van der Waals surface area contributed by atoms with Gasteiger partial charge in [-0.2, -0.15) is 0 Å². The van der Waals surface area contributed by atoms with E-state index in [9.17, 15) is 18.7 Å². The number of amides is 1. The molecule has 3 N–H and O–H groups in total. The normalized spacial score (nSPS) is 16.9. The average molecular weight is 484 g/mol. The molecule has 2 aromatic heterocycles. The number of carbonyl (C=O) groups is 1. The fraction of sp³-hybridized carbons (Fsp3) is 0.222. The van der Waals surface area contributed by atoms with E-state index in [1.165, 1.54) is 17.2 Å². The lowest BCUT2D eigenvalue weighted by Gasteiger charge is -2.16. The van der Waals surface area contributed by atoms with Gasteiger partial charge >= 0.3 is 0 Å². The lowest BCUT2D eigenvalue weighted by molar-refractivity contribution is 0.0761. The van der Waals surface area contributed by atoms with Crippen LogP contribution >= 0.6 is 22.6 Å². The number of anilines is 2. The molecular weight excluding hydrogens is 469 g/mol. The molecule has 27 heavy (non-hydrogen) atoms. The third-order valence-corrected chi connectivity index (χ3v) is 5.20. The zero-order valence-electron chi connectivity index (χ0n) is 14.0. The van der Waals surface area contributed by atoms with Crippen molar-refractivity contribution >= 4 is 50.8 Å². The number of nitrogens with one attached hydrogen (secondary N) is 2. The van der Waals surface area contributed by atoms with Gasteiger partial charge in [-0.1, -0.05) is 0 Å². The van der Waals surface area contributed by atoms with E-state index in [-0.39, 0.29) is 29.1 Å². The number of fused-ring (bicyclic) bond motifs is 1. The van der Waals surface area contributed by atoms with Crippen LogP contribution in [0.25, 0.3) is 10.9 Å². The lowest BCUT2D eigenvalue weighted by Crippen LogP contribution is -2.30. The summed E-state index contributed by atoms with van der Waals surface area (Å²) in [6, 6.07) is 4.63. The Morgan fingerprint density at radius 2 is 2.15 bits per heavy atom. The number of likely N-dealkylation sites (tertiary alicyclic amines) is 1. The molecule has 4 rings (SSSR count). The molecule has 0 radical (unpaired) electrons. The van der Waals surface area contributed by atoms with Gasteiger partial charge in [0.1, 0.15) is 11.5 Å². The summed E-state index contributed by atoms with van der Waals surface area (Å²) in [6.45, 7) is 0.597. The Morgan fingerprint density at radius 1 is 1.33 bits per heavy atom. The molecule has 0 aliphatic carbocycles. The van der Waals surface area contributed by atoms with Crippen molar-refractivity contribution in [2.75, 3.05) is 18.4 Å². The number of β-amino-alcohol motifs (C(OH)–C–C–N with tert-alkyl or cyclic N) is 1. The van der Waals surface area contributed by atoms with Gasteiger partial charge in [0.2, 0.25) is 0 Å². The van der Waals surface area contributed by atoms with E-state index in [0.717, 1.165) is 9.77 Å². The predicted molar refractivity (Wildman–Crippen MR) is 105 cm³/mol. The molecule has 140 valence electrons. The van der Waals surface area contributed by atoms with E-state index < -0.39 is 23.6 Å². The van der Waals surface area contributed by atoms with E-state index in [4.69, 9.17) is 0 Å². The largest absolute Gasteiger partial charge is 0.391 e. The second kappa shape index (κ2) is 7.04. The number of hydrogen-bond donors (Lipinski definition) is 3. The highest BCUT2D eigenvalue weighted by Crippen LogP contribution is 2.33. The molecule has 3 aromatic rings. The second-order valence-corrected chi connectivity index (χ2v) is 7.61. The van der Waals surface area contributed by atoms with E-state index in [1.54, 1.807) is 12.1 Å². The van der Waals surface area contributed by atoms with Crippen molar-refractivity contribution in [1.29, 1.82) is 0 Å². The van der Waals surface area contributed by atoms with Gasteiger partial charge in [0.05, 0.1) is 29.2 Å². The number of hydrogen-bond acceptors (Lipinski definition) is 4. The second-order valence-electron chi connectivity index (χ2n) is 6.36. The minimum absolute atomic E-state index is 0.101. The minimum atomic E-state index is -0.612. The molecule has 1 fully saturated rings. The first-order valence-electron chi connectivity index (χ1n) is 8.28. The molecule has 9 heteroatoms. The summed E-state index contributed by atoms with van der Waals surface area (Å²) in [7, 11) is 0. The molecule has 1 atom stereocenters. The van der Waals surface area contributed by atoms with Gasteiger partial charge in [0, 0.05) is 28.2 Å². The third-order valence-electron chi connectivity index (χ3n) is 4.52. The molecule has 0 unspecified atom stereocenters. The number of H-pyrrole nitrogens is 1. The molecule has 1 aliphatic rings. The van der Waals surface area contributed by atoms with Gasteiger partial charge in [-0.25, -0.2) is 8.78 Å². The SMILES string of the molecule is O=C(c1[nH]c2c(F)cncc2c1Nc1ccc(I)cc1F)N1CC[C@@H](O)C1. The number of nitrogens with zero attached hydrogens (tertiary/aromatic N) is 2. The number of pyridine rings is 1. The smallest absolute Gasteiger partial charge is 0.272 e. The standard InChI is InChI=1S/C18H15F2IN4O2/c19-12-5-9(21)1-2-14(12)23-16-11-6-22-7-13(20)15(11)24-17(16)18(27)25-4-3-10(26)8-25/h1-2,5-7,10,23-24,26H,3-4,8H2/t10-/m1/s1. The van der Waals surface area contributed by atoms with Crippen molar-refractivity contribution in [3.05, 3.63) is 51.5 Å². The van der Waals surface area contributed by atoms with E-state index in [2.05, 4.69) is 15.3 Å². The van der Waals surface area contributed by atoms with Crippen molar-refractivity contribution in [3.63, 3.8) is 0 Å². The predicted octanol–water partition coefficient (Wildman–Crippen LogP) is 3.40. The molecule has 6 nitrogen and oxygen atoms in total. The summed E-state index contributed by atoms with van der Waals surface area (Å²) < 4.78 is 29.2. The molecule has 0 bridgehead atoms. The number of benzene rings is 1. The molecule has 0 saturated carbocycles. The highest BCUT2D eigenvalue weighted by molar-refractivity contribution is 14.1. The quantitative estimate of drug-likeness (QED) is 0.498. The summed E-state index contributed by atoms with van der Waals surface area (Å²) >= 11 is 2.00. The van der Waals surface area contributed by atoms with Crippen molar-refractivity contribution in [2.24, 2.45) is 0 Å². The van der Waals surface area contributed by atoms with Crippen LogP contribution in [0.4, 0.5) is 20.2 Å².